The highest BCUT2D eigenvalue weighted by Crippen LogP contribution is 2.27. The van der Waals surface area contributed by atoms with Gasteiger partial charge in [-0.15, -0.1) is 0 Å². The zero-order chi connectivity index (χ0) is 12.4. The van der Waals surface area contributed by atoms with E-state index in [1.165, 1.54) is 12.8 Å². The van der Waals surface area contributed by atoms with Crippen molar-refractivity contribution in [2.24, 2.45) is 5.92 Å². The van der Waals surface area contributed by atoms with E-state index < -0.39 is 0 Å². The molecule has 1 aromatic rings. The molecular weight excluding hydrogens is 234 g/mol. The lowest BCUT2D eigenvalue weighted by molar-refractivity contribution is 0.101. The molecule has 0 N–H and O–H groups in total. The first-order valence-corrected chi connectivity index (χ1v) is 6.51. The molecule has 1 aliphatic heterocycles. The summed E-state index contributed by atoms with van der Waals surface area (Å²) in [6.45, 7) is 6.00. The maximum absolute atomic E-state index is 11.3. The quantitative estimate of drug-likeness (QED) is 0.746. The Bertz CT molecular complexity index is 422. The van der Waals surface area contributed by atoms with E-state index >= 15 is 0 Å². The molecule has 0 bridgehead atoms. The molecule has 17 heavy (non-hydrogen) atoms. The fourth-order valence-corrected chi connectivity index (χ4v) is 2.56. The van der Waals surface area contributed by atoms with Crippen molar-refractivity contribution in [1.82, 2.24) is 0 Å². The number of hydrogen-bond donors (Lipinski definition) is 0. The van der Waals surface area contributed by atoms with Crippen molar-refractivity contribution in [1.29, 1.82) is 0 Å². The highest BCUT2D eigenvalue weighted by molar-refractivity contribution is 6.34. The second-order valence-electron chi connectivity index (χ2n) is 4.89. The molecule has 0 amide bonds. The van der Waals surface area contributed by atoms with Gasteiger partial charge in [0.05, 0.1) is 5.02 Å². The fourth-order valence-electron chi connectivity index (χ4n) is 2.25. The Kier molecular flexibility index (Phi) is 3.72. The van der Waals surface area contributed by atoms with Crippen LogP contribution in [0.5, 0.6) is 0 Å². The summed E-state index contributed by atoms with van der Waals surface area (Å²) in [5.41, 5.74) is 1.74. The average Bonchev–Trinajstić information content (AvgIpc) is 2.29. The van der Waals surface area contributed by atoms with Crippen LogP contribution in [0.25, 0.3) is 0 Å². The van der Waals surface area contributed by atoms with E-state index in [0.29, 0.717) is 10.6 Å². The lowest BCUT2D eigenvalue weighted by atomic mass is 9.98. The number of nitrogens with zero attached hydrogens (tertiary/aromatic N) is 1. The van der Waals surface area contributed by atoms with Crippen molar-refractivity contribution in [2.75, 3.05) is 18.0 Å². The summed E-state index contributed by atoms with van der Waals surface area (Å²) in [5.74, 6) is 0.840. The third-order valence-electron chi connectivity index (χ3n) is 3.48. The highest BCUT2D eigenvalue weighted by Gasteiger charge is 2.17. The zero-order valence-corrected chi connectivity index (χ0v) is 11.1. The van der Waals surface area contributed by atoms with Gasteiger partial charge in [-0.05, 0) is 43.9 Å². The number of Topliss-reactive ketones (excluding diaryl/α,β-unsaturated/α-hetero) is 1. The van der Waals surface area contributed by atoms with Crippen molar-refractivity contribution in [3.63, 3.8) is 0 Å². The number of carbonyl (C=O) groups is 1. The minimum atomic E-state index is 0.0221. The molecule has 1 aromatic carbocycles. The van der Waals surface area contributed by atoms with E-state index in [-0.39, 0.29) is 5.78 Å². The maximum Gasteiger partial charge on any atom is 0.161 e. The van der Waals surface area contributed by atoms with Gasteiger partial charge in [0.25, 0.3) is 0 Å². The number of piperidine rings is 1. The van der Waals surface area contributed by atoms with Gasteiger partial charge in [0, 0.05) is 24.3 Å². The van der Waals surface area contributed by atoms with Gasteiger partial charge in [-0.3, -0.25) is 4.79 Å². The monoisotopic (exact) mass is 251 g/mol. The second kappa shape index (κ2) is 5.09. The highest BCUT2D eigenvalue weighted by atomic mass is 35.5. The van der Waals surface area contributed by atoms with Crippen molar-refractivity contribution >= 4 is 23.1 Å². The summed E-state index contributed by atoms with van der Waals surface area (Å²) in [6, 6.07) is 5.74. The van der Waals surface area contributed by atoms with Gasteiger partial charge in [0.15, 0.2) is 5.78 Å². The number of halogens is 1. The normalized spacial score (nSPS) is 17.2. The van der Waals surface area contributed by atoms with Gasteiger partial charge in [-0.2, -0.15) is 0 Å². The first kappa shape index (κ1) is 12.4. The minimum absolute atomic E-state index is 0.0221. The van der Waals surface area contributed by atoms with Gasteiger partial charge < -0.3 is 4.90 Å². The molecule has 3 heteroatoms. The molecule has 1 saturated heterocycles. The Hall–Kier alpha value is -1.02. The summed E-state index contributed by atoms with van der Waals surface area (Å²) in [5, 5.41) is 0.564. The maximum atomic E-state index is 11.3. The molecule has 0 aliphatic carbocycles. The van der Waals surface area contributed by atoms with E-state index in [1.54, 1.807) is 6.92 Å². The summed E-state index contributed by atoms with van der Waals surface area (Å²) >= 11 is 6.12. The fraction of sp³-hybridized carbons (Fsp3) is 0.500. The van der Waals surface area contributed by atoms with Gasteiger partial charge in [0.2, 0.25) is 0 Å². The first-order chi connectivity index (χ1) is 8.08. The van der Waals surface area contributed by atoms with Gasteiger partial charge in [0.1, 0.15) is 0 Å². The Morgan fingerprint density at radius 3 is 2.53 bits per heavy atom. The van der Waals surface area contributed by atoms with Gasteiger partial charge in [-0.1, -0.05) is 18.5 Å². The van der Waals surface area contributed by atoms with Crippen LogP contribution in [0.1, 0.15) is 37.0 Å². The first-order valence-electron chi connectivity index (χ1n) is 6.13. The van der Waals surface area contributed by atoms with Crippen LogP contribution in [0, 0.1) is 5.92 Å². The van der Waals surface area contributed by atoms with Crippen molar-refractivity contribution < 1.29 is 4.79 Å². The summed E-state index contributed by atoms with van der Waals surface area (Å²) in [6.07, 6.45) is 2.46. The van der Waals surface area contributed by atoms with Gasteiger partial charge >= 0.3 is 0 Å². The zero-order valence-electron chi connectivity index (χ0n) is 10.4. The van der Waals surface area contributed by atoms with E-state index in [0.717, 1.165) is 24.7 Å². The lowest BCUT2D eigenvalue weighted by Gasteiger charge is -2.32. The third kappa shape index (κ3) is 2.81. The molecule has 0 spiro atoms. The Morgan fingerprint density at radius 1 is 1.35 bits per heavy atom. The summed E-state index contributed by atoms with van der Waals surface area (Å²) in [4.78, 5) is 13.6. The average molecular weight is 252 g/mol. The second-order valence-corrected chi connectivity index (χ2v) is 5.30. The van der Waals surface area contributed by atoms with E-state index in [2.05, 4.69) is 11.8 Å². The minimum Gasteiger partial charge on any atom is -0.371 e. The molecule has 1 fully saturated rings. The standard InChI is InChI=1S/C14H18ClNO/c1-10-5-7-16(8-6-10)12-3-4-13(11(2)17)14(15)9-12/h3-4,9-10H,5-8H2,1-2H3. The number of carbonyl (C=O) groups excluding carboxylic acids is 1. The van der Waals surface area contributed by atoms with Crippen molar-refractivity contribution in [2.45, 2.75) is 26.7 Å². The van der Waals surface area contributed by atoms with E-state index in [1.807, 2.05) is 18.2 Å². The van der Waals surface area contributed by atoms with Crippen LogP contribution < -0.4 is 4.90 Å². The molecule has 2 rings (SSSR count). The predicted molar refractivity (Wildman–Crippen MR) is 72.1 cm³/mol. The van der Waals surface area contributed by atoms with Gasteiger partial charge in [-0.25, -0.2) is 0 Å². The largest absolute Gasteiger partial charge is 0.371 e. The number of anilines is 1. The van der Waals surface area contributed by atoms with Crippen LogP contribution in [0.2, 0.25) is 5.02 Å². The molecule has 1 aliphatic rings. The Morgan fingerprint density at radius 2 is 2.00 bits per heavy atom. The number of benzene rings is 1. The number of rotatable bonds is 2. The predicted octanol–water partition coefficient (Wildman–Crippen LogP) is 3.78. The third-order valence-corrected chi connectivity index (χ3v) is 3.79. The molecule has 0 saturated carbocycles. The van der Waals surface area contributed by atoms with Crippen LogP contribution in [-0.2, 0) is 0 Å². The van der Waals surface area contributed by atoms with Crippen LogP contribution >= 0.6 is 11.6 Å². The Labute approximate surface area is 108 Å². The summed E-state index contributed by atoms with van der Waals surface area (Å²) < 4.78 is 0. The van der Waals surface area contributed by atoms with E-state index in [9.17, 15) is 4.79 Å². The molecule has 0 radical (unpaired) electrons. The van der Waals surface area contributed by atoms with Crippen molar-refractivity contribution in [3.05, 3.63) is 28.8 Å². The molecule has 0 atom stereocenters. The SMILES string of the molecule is CC(=O)c1ccc(N2CCC(C)CC2)cc1Cl. The number of ketones is 1. The molecule has 92 valence electrons. The molecule has 0 aromatic heterocycles. The molecule has 2 nitrogen and oxygen atoms in total. The van der Waals surface area contributed by atoms with Crippen LogP contribution in [0.3, 0.4) is 0 Å². The smallest absolute Gasteiger partial charge is 0.161 e. The Balaban J connectivity index is 2.17. The number of hydrogen-bond acceptors (Lipinski definition) is 2. The van der Waals surface area contributed by atoms with Crippen LogP contribution in [0.15, 0.2) is 18.2 Å². The molecule has 0 unspecified atom stereocenters. The topological polar surface area (TPSA) is 20.3 Å². The molecular formula is C14H18ClNO. The van der Waals surface area contributed by atoms with E-state index in [4.69, 9.17) is 11.6 Å². The van der Waals surface area contributed by atoms with Crippen molar-refractivity contribution in [3.8, 4) is 0 Å². The van der Waals surface area contributed by atoms with Crippen LogP contribution in [-0.4, -0.2) is 18.9 Å². The molecule has 1 heterocycles. The summed E-state index contributed by atoms with van der Waals surface area (Å²) in [7, 11) is 0. The lowest BCUT2D eigenvalue weighted by Crippen LogP contribution is -2.32. The van der Waals surface area contributed by atoms with Crippen LogP contribution in [0.4, 0.5) is 5.69 Å².